The van der Waals surface area contributed by atoms with Gasteiger partial charge in [0.25, 0.3) is 5.91 Å². The lowest BCUT2D eigenvalue weighted by atomic mass is 10.0. The number of aromatic amines is 1. The number of Topliss-reactive ketones (excluding diaryl/α,β-unsaturated/α-hetero) is 1. The molecule has 6 heteroatoms. The van der Waals surface area contributed by atoms with Crippen molar-refractivity contribution in [1.29, 1.82) is 0 Å². The summed E-state index contributed by atoms with van der Waals surface area (Å²) in [4.78, 5) is 38.6. The van der Waals surface area contributed by atoms with Crippen LogP contribution in [0.25, 0.3) is 0 Å². The van der Waals surface area contributed by atoms with Gasteiger partial charge in [-0.3, -0.25) is 9.59 Å². The van der Waals surface area contributed by atoms with Crippen molar-refractivity contribution in [2.24, 2.45) is 0 Å². The number of aliphatic carboxylic acids is 1. The highest BCUT2D eigenvalue weighted by Crippen LogP contribution is 2.18. The Morgan fingerprint density at radius 1 is 1.37 bits per heavy atom. The van der Waals surface area contributed by atoms with Crippen LogP contribution in [-0.4, -0.2) is 44.7 Å². The van der Waals surface area contributed by atoms with Gasteiger partial charge >= 0.3 is 5.97 Å². The Bertz CT molecular complexity index is 516. The van der Waals surface area contributed by atoms with E-state index in [1.54, 1.807) is 6.92 Å². The molecule has 0 aliphatic rings. The summed E-state index contributed by atoms with van der Waals surface area (Å²) < 4.78 is 0. The highest BCUT2D eigenvalue weighted by Gasteiger charge is 2.37. The van der Waals surface area contributed by atoms with Gasteiger partial charge in [0.15, 0.2) is 5.78 Å². The second-order valence-electron chi connectivity index (χ2n) is 4.77. The third-order valence-corrected chi connectivity index (χ3v) is 3.08. The number of carbonyl (C=O) groups excluding carboxylic acids is 2. The molecule has 0 aliphatic carbocycles. The zero-order valence-corrected chi connectivity index (χ0v) is 11.5. The maximum Gasteiger partial charge on any atom is 0.329 e. The summed E-state index contributed by atoms with van der Waals surface area (Å²) in [7, 11) is 0. The zero-order valence-electron chi connectivity index (χ0n) is 11.5. The van der Waals surface area contributed by atoms with E-state index < -0.39 is 17.4 Å². The molecule has 0 bridgehead atoms. The van der Waals surface area contributed by atoms with E-state index in [0.717, 1.165) is 0 Å². The SMILES string of the molecule is CCN(C(=O)c1cc(C(C)=O)c[nH]1)C(C)(C)C(=O)O. The van der Waals surface area contributed by atoms with Crippen LogP contribution in [0.5, 0.6) is 0 Å². The fourth-order valence-corrected chi connectivity index (χ4v) is 1.77. The lowest BCUT2D eigenvalue weighted by Gasteiger charge is -2.33. The quantitative estimate of drug-likeness (QED) is 0.791. The largest absolute Gasteiger partial charge is 0.480 e. The monoisotopic (exact) mass is 266 g/mol. The van der Waals surface area contributed by atoms with Crippen molar-refractivity contribution in [1.82, 2.24) is 9.88 Å². The van der Waals surface area contributed by atoms with Crippen LogP contribution in [0.4, 0.5) is 0 Å². The van der Waals surface area contributed by atoms with Crippen molar-refractivity contribution in [3.8, 4) is 0 Å². The maximum absolute atomic E-state index is 12.3. The van der Waals surface area contributed by atoms with Crippen LogP contribution < -0.4 is 0 Å². The molecular formula is C13H18N2O4. The van der Waals surface area contributed by atoms with Crippen molar-refractivity contribution in [2.45, 2.75) is 33.2 Å². The van der Waals surface area contributed by atoms with Gasteiger partial charge in [0.2, 0.25) is 0 Å². The van der Waals surface area contributed by atoms with Gasteiger partial charge in [-0.25, -0.2) is 4.79 Å². The zero-order chi connectivity index (χ0) is 14.8. The Kier molecular flexibility index (Phi) is 4.14. The van der Waals surface area contributed by atoms with E-state index >= 15 is 0 Å². The van der Waals surface area contributed by atoms with E-state index in [9.17, 15) is 19.5 Å². The molecule has 1 aromatic heterocycles. The predicted molar refractivity (Wildman–Crippen MR) is 69.2 cm³/mol. The Morgan fingerprint density at radius 3 is 2.32 bits per heavy atom. The number of H-pyrrole nitrogens is 1. The fourth-order valence-electron chi connectivity index (χ4n) is 1.77. The molecule has 6 nitrogen and oxygen atoms in total. The highest BCUT2D eigenvalue weighted by atomic mass is 16.4. The number of hydrogen-bond donors (Lipinski definition) is 2. The number of hydrogen-bond acceptors (Lipinski definition) is 3. The van der Waals surface area contributed by atoms with Crippen LogP contribution >= 0.6 is 0 Å². The first-order chi connectivity index (χ1) is 8.71. The van der Waals surface area contributed by atoms with Gasteiger partial charge in [-0.1, -0.05) is 0 Å². The number of carboxylic acids is 1. The standard InChI is InChI=1S/C13H18N2O4/c1-5-15(13(3,4)12(18)19)11(17)10-6-9(7-14-10)8(2)16/h6-7,14H,5H2,1-4H3,(H,18,19). The number of carboxylic acid groups (broad SMARTS) is 1. The number of ketones is 1. The lowest BCUT2D eigenvalue weighted by molar-refractivity contribution is -0.147. The molecule has 0 spiro atoms. The van der Waals surface area contributed by atoms with Crippen molar-refractivity contribution in [3.63, 3.8) is 0 Å². The molecule has 0 aromatic carbocycles. The normalized spacial score (nSPS) is 11.2. The summed E-state index contributed by atoms with van der Waals surface area (Å²) in [6, 6.07) is 1.44. The van der Waals surface area contributed by atoms with E-state index in [4.69, 9.17) is 0 Å². The molecule has 2 N–H and O–H groups in total. The van der Waals surface area contributed by atoms with Crippen LogP contribution in [0.3, 0.4) is 0 Å². The number of amides is 1. The molecule has 1 rings (SSSR count). The number of nitrogens with zero attached hydrogens (tertiary/aromatic N) is 1. The van der Waals surface area contributed by atoms with Gasteiger partial charge in [-0.05, 0) is 33.8 Å². The molecule has 0 saturated carbocycles. The van der Waals surface area contributed by atoms with Gasteiger partial charge in [-0.15, -0.1) is 0 Å². The number of carbonyl (C=O) groups is 3. The molecule has 0 fully saturated rings. The van der Waals surface area contributed by atoms with E-state index in [2.05, 4.69) is 4.98 Å². The summed E-state index contributed by atoms with van der Waals surface area (Å²) >= 11 is 0. The summed E-state index contributed by atoms with van der Waals surface area (Å²) in [6.07, 6.45) is 1.44. The second-order valence-corrected chi connectivity index (χ2v) is 4.77. The third kappa shape index (κ3) is 2.83. The summed E-state index contributed by atoms with van der Waals surface area (Å²) in [6.45, 7) is 6.29. The average molecular weight is 266 g/mol. The Balaban J connectivity index is 3.08. The van der Waals surface area contributed by atoms with E-state index in [0.29, 0.717) is 5.56 Å². The molecular weight excluding hydrogens is 248 g/mol. The van der Waals surface area contributed by atoms with Gasteiger partial charge in [0.05, 0.1) is 0 Å². The molecule has 0 saturated heterocycles. The van der Waals surface area contributed by atoms with Crippen molar-refractivity contribution < 1.29 is 19.5 Å². The topological polar surface area (TPSA) is 90.5 Å². The molecule has 0 radical (unpaired) electrons. The molecule has 1 heterocycles. The van der Waals surface area contributed by atoms with E-state index in [1.165, 1.54) is 37.9 Å². The van der Waals surface area contributed by atoms with Crippen LogP contribution in [0.1, 0.15) is 48.5 Å². The maximum atomic E-state index is 12.3. The van der Waals surface area contributed by atoms with E-state index in [-0.39, 0.29) is 18.0 Å². The first-order valence-electron chi connectivity index (χ1n) is 5.96. The minimum atomic E-state index is -1.31. The third-order valence-electron chi connectivity index (χ3n) is 3.08. The minimum absolute atomic E-state index is 0.157. The molecule has 0 atom stereocenters. The van der Waals surface area contributed by atoms with Gasteiger partial charge in [0.1, 0.15) is 11.2 Å². The number of rotatable bonds is 5. The van der Waals surface area contributed by atoms with Crippen molar-refractivity contribution in [2.75, 3.05) is 6.54 Å². The van der Waals surface area contributed by atoms with Gasteiger partial charge < -0.3 is 15.0 Å². The summed E-state index contributed by atoms with van der Waals surface area (Å²) in [5, 5.41) is 9.17. The molecule has 0 aliphatic heterocycles. The smallest absolute Gasteiger partial charge is 0.329 e. The average Bonchev–Trinajstić information content (AvgIpc) is 2.78. The predicted octanol–water partition coefficient (Wildman–Crippen LogP) is 1.54. The van der Waals surface area contributed by atoms with Crippen molar-refractivity contribution in [3.05, 3.63) is 23.5 Å². The summed E-state index contributed by atoms with van der Waals surface area (Å²) in [5.41, 5.74) is -0.707. The lowest BCUT2D eigenvalue weighted by Crippen LogP contribution is -2.53. The van der Waals surface area contributed by atoms with Crippen LogP contribution in [0, 0.1) is 0 Å². The van der Waals surface area contributed by atoms with Crippen molar-refractivity contribution >= 4 is 17.7 Å². The summed E-state index contributed by atoms with van der Waals surface area (Å²) in [5.74, 6) is -1.68. The molecule has 1 aromatic rings. The van der Waals surface area contributed by atoms with Crippen LogP contribution in [-0.2, 0) is 4.79 Å². The van der Waals surface area contributed by atoms with Crippen LogP contribution in [0.2, 0.25) is 0 Å². The Labute approximate surface area is 111 Å². The van der Waals surface area contributed by atoms with Crippen LogP contribution in [0.15, 0.2) is 12.3 Å². The molecule has 0 unspecified atom stereocenters. The van der Waals surface area contributed by atoms with E-state index in [1.807, 2.05) is 0 Å². The highest BCUT2D eigenvalue weighted by molar-refractivity contribution is 6.00. The first kappa shape index (κ1) is 14.9. The fraction of sp³-hybridized carbons (Fsp3) is 0.462. The number of likely N-dealkylation sites (N-methyl/N-ethyl adjacent to an activating group) is 1. The van der Waals surface area contributed by atoms with Gasteiger partial charge in [0, 0.05) is 18.3 Å². The first-order valence-corrected chi connectivity index (χ1v) is 5.96. The minimum Gasteiger partial charge on any atom is -0.480 e. The van der Waals surface area contributed by atoms with Gasteiger partial charge in [-0.2, -0.15) is 0 Å². The molecule has 1 amide bonds. The Morgan fingerprint density at radius 2 is 1.95 bits per heavy atom. The Hall–Kier alpha value is -2.11. The second kappa shape index (κ2) is 5.26. The molecule has 104 valence electrons. The number of nitrogens with one attached hydrogen (secondary N) is 1. The molecule has 19 heavy (non-hydrogen) atoms. The number of aromatic nitrogens is 1.